The lowest BCUT2D eigenvalue weighted by molar-refractivity contribution is -0.148. The van der Waals surface area contributed by atoms with Crippen LogP contribution in [0, 0.1) is 17.8 Å². The minimum absolute atomic E-state index is 0.0679. The van der Waals surface area contributed by atoms with E-state index in [9.17, 15) is 14.4 Å². The summed E-state index contributed by atoms with van der Waals surface area (Å²) in [5.74, 6) is -0.709. The monoisotopic (exact) mass is 462 g/mol. The topological polar surface area (TPSA) is 98.1 Å². The van der Waals surface area contributed by atoms with Crippen molar-refractivity contribution in [2.75, 3.05) is 7.11 Å². The van der Waals surface area contributed by atoms with Crippen LogP contribution in [-0.4, -0.2) is 47.4 Å². The molecule has 0 aliphatic carbocycles. The van der Waals surface area contributed by atoms with E-state index in [1.807, 2.05) is 43.3 Å². The molecule has 1 N–H and O–H groups in total. The van der Waals surface area contributed by atoms with Gasteiger partial charge in [-0.15, -0.1) is 0 Å². The van der Waals surface area contributed by atoms with Crippen molar-refractivity contribution < 1.29 is 28.3 Å². The summed E-state index contributed by atoms with van der Waals surface area (Å²) in [4.78, 5) is 42.0. The van der Waals surface area contributed by atoms with Crippen LogP contribution in [0.25, 0.3) is 0 Å². The summed E-state index contributed by atoms with van der Waals surface area (Å²) in [6, 6.07) is 10.0. The van der Waals surface area contributed by atoms with Crippen molar-refractivity contribution in [2.45, 2.75) is 43.7 Å². The van der Waals surface area contributed by atoms with Gasteiger partial charge in [0.1, 0.15) is 22.9 Å². The third kappa shape index (κ3) is 2.84. The van der Waals surface area contributed by atoms with E-state index in [1.54, 1.807) is 30.4 Å². The van der Waals surface area contributed by atoms with Gasteiger partial charge >= 0.3 is 0 Å². The van der Waals surface area contributed by atoms with Crippen LogP contribution >= 0.6 is 0 Å². The van der Waals surface area contributed by atoms with Gasteiger partial charge in [-0.25, -0.2) is 0 Å². The third-order valence-electron chi connectivity index (χ3n) is 7.88. The van der Waals surface area contributed by atoms with Crippen LogP contribution < -0.4 is 10.1 Å². The van der Waals surface area contributed by atoms with Gasteiger partial charge in [-0.2, -0.15) is 0 Å². The van der Waals surface area contributed by atoms with Crippen LogP contribution in [-0.2, 0) is 25.7 Å². The number of carbonyl (C=O) groups excluding carboxylic acids is 3. The van der Waals surface area contributed by atoms with E-state index in [0.717, 1.165) is 11.3 Å². The summed E-state index contributed by atoms with van der Waals surface area (Å²) < 4.78 is 17.2. The Morgan fingerprint density at radius 3 is 2.74 bits per heavy atom. The highest BCUT2D eigenvalue weighted by Crippen LogP contribution is 2.59. The highest BCUT2D eigenvalue weighted by atomic mass is 16.5. The first-order valence-electron chi connectivity index (χ1n) is 11.6. The molecular weight excluding hydrogens is 436 g/mol. The van der Waals surface area contributed by atoms with E-state index < -0.39 is 41.5 Å². The van der Waals surface area contributed by atoms with Gasteiger partial charge in [-0.1, -0.05) is 31.2 Å². The number of Topliss-reactive ketones (excluding diaryl/α,β-unsaturated/α-hetero) is 1. The Labute approximate surface area is 196 Å². The number of nitrogens with zero attached hydrogens (tertiary/aromatic N) is 1. The fraction of sp³-hybridized carbons (Fsp3) is 0.423. The molecule has 0 saturated carbocycles. The Morgan fingerprint density at radius 2 is 2.03 bits per heavy atom. The number of fused-ring (bicyclic) bond motifs is 2. The molecule has 6 rings (SSSR count). The SMILES string of the molecule is COc1ccc(CNC(=O)C2C3C=CC4(O3)C2C(=O)N2C(c3ccco3)CC(=O)C(C)C24)cc1. The summed E-state index contributed by atoms with van der Waals surface area (Å²) in [5, 5.41) is 2.98. The standard InChI is InChI=1S/C26H26N2O6/c1-14-18(29)12-17(19-4-3-11-33-19)28-23(14)26-10-9-20(34-26)21(22(26)25(28)31)24(30)27-13-15-5-7-16(32-2)8-6-15/h3-11,14,17,20-23H,12-13H2,1-2H3,(H,27,30). The third-order valence-corrected chi connectivity index (χ3v) is 7.88. The Morgan fingerprint density at radius 1 is 1.24 bits per heavy atom. The normalized spacial score (nSPS) is 35.4. The number of amides is 2. The summed E-state index contributed by atoms with van der Waals surface area (Å²) >= 11 is 0. The molecule has 7 unspecified atom stereocenters. The van der Waals surface area contributed by atoms with E-state index in [2.05, 4.69) is 5.32 Å². The van der Waals surface area contributed by atoms with Gasteiger partial charge in [0.15, 0.2) is 0 Å². The highest BCUT2D eigenvalue weighted by molar-refractivity contribution is 5.96. The lowest BCUT2D eigenvalue weighted by Crippen LogP contribution is -2.55. The number of carbonyl (C=O) groups is 3. The average molecular weight is 463 g/mol. The second-order valence-electron chi connectivity index (χ2n) is 9.55. The molecule has 0 radical (unpaired) electrons. The van der Waals surface area contributed by atoms with Crippen molar-refractivity contribution in [3.05, 3.63) is 66.1 Å². The molecule has 2 amide bonds. The van der Waals surface area contributed by atoms with Gasteiger partial charge in [-0.05, 0) is 29.8 Å². The Kier molecular flexibility index (Phi) is 4.71. The molecular formula is C26H26N2O6. The van der Waals surface area contributed by atoms with Crippen LogP contribution in [0.15, 0.2) is 59.2 Å². The molecule has 4 aliphatic rings. The van der Waals surface area contributed by atoms with Crippen LogP contribution in [0.5, 0.6) is 5.75 Å². The van der Waals surface area contributed by atoms with Gasteiger partial charge in [0, 0.05) is 18.9 Å². The van der Waals surface area contributed by atoms with E-state index in [0.29, 0.717) is 12.3 Å². The van der Waals surface area contributed by atoms with Crippen LogP contribution in [0.3, 0.4) is 0 Å². The smallest absolute Gasteiger partial charge is 0.230 e. The molecule has 8 nitrogen and oxygen atoms in total. The largest absolute Gasteiger partial charge is 0.497 e. The minimum Gasteiger partial charge on any atom is -0.497 e. The number of furan rings is 1. The number of ketones is 1. The fourth-order valence-electron chi connectivity index (χ4n) is 6.31. The molecule has 4 aliphatic heterocycles. The predicted octanol–water partition coefficient (Wildman–Crippen LogP) is 2.41. The summed E-state index contributed by atoms with van der Waals surface area (Å²) in [6.07, 6.45) is 5.04. The molecule has 7 atom stereocenters. The molecule has 1 spiro atoms. The quantitative estimate of drug-likeness (QED) is 0.686. The van der Waals surface area contributed by atoms with Crippen molar-refractivity contribution in [1.29, 1.82) is 0 Å². The molecule has 1 aromatic heterocycles. The van der Waals surface area contributed by atoms with Crippen LogP contribution in [0.2, 0.25) is 0 Å². The second-order valence-corrected chi connectivity index (χ2v) is 9.55. The maximum atomic E-state index is 13.9. The zero-order valence-electron chi connectivity index (χ0n) is 19.0. The molecule has 1 aromatic carbocycles. The van der Waals surface area contributed by atoms with E-state index in [4.69, 9.17) is 13.9 Å². The van der Waals surface area contributed by atoms with Crippen molar-refractivity contribution in [3.8, 4) is 5.75 Å². The highest BCUT2D eigenvalue weighted by Gasteiger charge is 2.74. The van der Waals surface area contributed by atoms with Crippen molar-refractivity contribution in [3.63, 3.8) is 0 Å². The minimum atomic E-state index is -0.982. The van der Waals surface area contributed by atoms with Crippen LogP contribution in [0.4, 0.5) is 0 Å². The Hall–Kier alpha value is -3.39. The van der Waals surface area contributed by atoms with Crippen molar-refractivity contribution in [1.82, 2.24) is 10.2 Å². The first kappa shape index (κ1) is 21.2. The number of nitrogens with one attached hydrogen (secondary N) is 1. The molecule has 8 heteroatoms. The number of piperidine rings is 1. The Balaban J connectivity index is 1.29. The van der Waals surface area contributed by atoms with Gasteiger partial charge in [0.05, 0.1) is 43.4 Å². The lowest BCUT2D eigenvalue weighted by atomic mass is 9.70. The maximum absolute atomic E-state index is 13.9. The van der Waals surface area contributed by atoms with Gasteiger partial charge in [-0.3, -0.25) is 14.4 Å². The number of benzene rings is 1. The first-order chi connectivity index (χ1) is 16.4. The second kappa shape index (κ2) is 7.56. The molecule has 176 valence electrons. The van der Waals surface area contributed by atoms with Gasteiger partial charge in [0.2, 0.25) is 11.8 Å². The zero-order chi connectivity index (χ0) is 23.6. The van der Waals surface area contributed by atoms with Gasteiger partial charge in [0.25, 0.3) is 0 Å². The number of rotatable bonds is 5. The maximum Gasteiger partial charge on any atom is 0.230 e. The summed E-state index contributed by atoms with van der Waals surface area (Å²) in [6.45, 7) is 2.19. The predicted molar refractivity (Wildman–Crippen MR) is 119 cm³/mol. The Bertz CT molecular complexity index is 1170. The number of ether oxygens (including phenoxy) is 2. The van der Waals surface area contributed by atoms with Crippen LogP contribution in [0.1, 0.15) is 30.7 Å². The molecule has 2 aromatic rings. The zero-order valence-corrected chi connectivity index (χ0v) is 19.0. The molecule has 3 fully saturated rings. The summed E-state index contributed by atoms with van der Waals surface area (Å²) in [5.41, 5.74) is -0.0553. The first-order valence-corrected chi connectivity index (χ1v) is 11.6. The molecule has 3 saturated heterocycles. The summed E-state index contributed by atoms with van der Waals surface area (Å²) in [7, 11) is 1.60. The van der Waals surface area contributed by atoms with Crippen molar-refractivity contribution >= 4 is 17.6 Å². The number of methoxy groups -OCH3 is 1. The molecule has 34 heavy (non-hydrogen) atoms. The molecule has 5 heterocycles. The van der Waals surface area contributed by atoms with E-state index in [1.165, 1.54) is 0 Å². The number of hydrogen-bond acceptors (Lipinski definition) is 6. The van der Waals surface area contributed by atoms with E-state index in [-0.39, 0.29) is 24.0 Å². The molecule has 2 bridgehead atoms. The van der Waals surface area contributed by atoms with Gasteiger partial charge < -0.3 is 24.1 Å². The number of hydrogen-bond donors (Lipinski definition) is 1. The lowest BCUT2D eigenvalue weighted by Gasteiger charge is -2.43. The van der Waals surface area contributed by atoms with E-state index >= 15 is 0 Å². The van der Waals surface area contributed by atoms with Crippen molar-refractivity contribution in [2.24, 2.45) is 17.8 Å². The fourth-order valence-corrected chi connectivity index (χ4v) is 6.31. The average Bonchev–Trinajstić information content (AvgIpc) is 3.62.